The predicted octanol–water partition coefficient (Wildman–Crippen LogP) is 6.86. The van der Waals surface area contributed by atoms with Crippen LogP contribution in [0, 0.1) is 13.8 Å². The molecule has 0 saturated heterocycles. The van der Waals surface area contributed by atoms with Gasteiger partial charge in [0.2, 0.25) is 0 Å². The van der Waals surface area contributed by atoms with Crippen molar-refractivity contribution in [2.24, 2.45) is 0 Å². The predicted molar refractivity (Wildman–Crippen MR) is 122 cm³/mol. The average molecular weight is 387 g/mol. The van der Waals surface area contributed by atoms with E-state index >= 15 is 0 Å². The second-order valence-corrected chi connectivity index (χ2v) is 8.25. The van der Waals surface area contributed by atoms with Crippen molar-refractivity contribution in [3.05, 3.63) is 82.5 Å². The second-order valence-electron chi connectivity index (χ2n) is 8.25. The average Bonchev–Trinajstić information content (AvgIpc) is 2.70. The van der Waals surface area contributed by atoms with Gasteiger partial charge < -0.3 is 5.32 Å². The maximum atomic E-state index is 13.0. The van der Waals surface area contributed by atoms with Gasteiger partial charge in [-0.05, 0) is 60.1 Å². The molecular weight excluding hydrogens is 356 g/mol. The number of nitrogens with zero attached hydrogens (tertiary/aromatic N) is 1. The number of amides is 1. The monoisotopic (exact) mass is 386 g/mol. The van der Waals surface area contributed by atoms with Crippen molar-refractivity contribution in [3.8, 4) is 11.3 Å². The van der Waals surface area contributed by atoms with Crippen LogP contribution in [0.15, 0.2) is 54.6 Å². The number of aryl methyl sites for hydroxylation is 2. The molecule has 0 aliphatic heterocycles. The Morgan fingerprint density at radius 1 is 0.793 bits per heavy atom. The van der Waals surface area contributed by atoms with E-state index in [1.165, 1.54) is 11.1 Å². The third-order valence-corrected chi connectivity index (χ3v) is 5.33. The molecule has 0 atom stereocenters. The third-order valence-electron chi connectivity index (χ3n) is 5.33. The fourth-order valence-corrected chi connectivity index (χ4v) is 3.74. The van der Waals surface area contributed by atoms with E-state index in [0.29, 0.717) is 17.5 Å². The largest absolute Gasteiger partial charge is 0.320 e. The van der Waals surface area contributed by atoms with Gasteiger partial charge in [0.1, 0.15) is 5.69 Å². The standard InChI is InChI=1S/C26H30N2O/c1-16(2)20-12-8-13-21(17(3)4)24(20)22-14-9-15-23(27-22)26(29)28-25-18(5)10-7-11-19(25)6/h7-17H,1-6H3,(H,28,29). The van der Waals surface area contributed by atoms with Gasteiger partial charge in [-0.25, -0.2) is 4.98 Å². The van der Waals surface area contributed by atoms with Gasteiger partial charge in [-0.3, -0.25) is 4.79 Å². The van der Waals surface area contributed by atoms with Gasteiger partial charge in [-0.1, -0.05) is 70.2 Å². The number of para-hydroxylation sites is 1. The summed E-state index contributed by atoms with van der Waals surface area (Å²) in [6, 6.07) is 18.1. The molecule has 0 aliphatic rings. The Hall–Kier alpha value is -2.94. The SMILES string of the molecule is Cc1cccc(C)c1NC(=O)c1cccc(-c2c(C(C)C)cccc2C(C)C)n1. The number of carbonyl (C=O) groups excluding carboxylic acids is 1. The molecule has 1 amide bonds. The van der Waals surface area contributed by atoms with Gasteiger partial charge in [0, 0.05) is 11.3 Å². The van der Waals surface area contributed by atoms with E-state index in [2.05, 4.69) is 51.2 Å². The number of rotatable bonds is 5. The summed E-state index contributed by atoms with van der Waals surface area (Å²) in [5, 5.41) is 3.05. The van der Waals surface area contributed by atoms with Gasteiger partial charge >= 0.3 is 0 Å². The minimum Gasteiger partial charge on any atom is -0.320 e. The molecule has 3 aromatic rings. The van der Waals surface area contributed by atoms with Crippen LogP contribution in [-0.4, -0.2) is 10.9 Å². The first-order valence-electron chi connectivity index (χ1n) is 10.3. The summed E-state index contributed by atoms with van der Waals surface area (Å²) in [5.74, 6) is 0.563. The molecule has 1 N–H and O–H groups in total. The number of hydrogen-bond donors (Lipinski definition) is 1. The van der Waals surface area contributed by atoms with E-state index in [1.807, 2.05) is 44.2 Å². The minimum absolute atomic E-state index is 0.183. The van der Waals surface area contributed by atoms with Crippen molar-refractivity contribution in [1.29, 1.82) is 0 Å². The highest BCUT2D eigenvalue weighted by atomic mass is 16.1. The Morgan fingerprint density at radius 3 is 1.86 bits per heavy atom. The first kappa shape index (κ1) is 20.8. The first-order chi connectivity index (χ1) is 13.8. The number of nitrogens with one attached hydrogen (secondary N) is 1. The Bertz CT molecular complexity index is 988. The van der Waals surface area contributed by atoms with Crippen LogP contribution < -0.4 is 5.32 Å². The topological polar surface area (TPSA) is 42.0 Å². The normalized spacial score (nSPS) is 11.2. The minimum atomic E-state index is -0.183. The van der Waals surface area contributed by atoms with E-state index in [-0.39, 0.29) is 5.91 Å². The Kier molecular flexibility index (Phi) is 6.17. The fraction of sp³-hybridized carbons (Fsp3) is 0.308. The van der Waals surface area contributed by atoms with Crippen LogP contribution in [0.25, 0.3) is 11.3 Å². The summed E-state index contributed by atoms with van der Waals surface area (Å²) in [4.78, 5) is 17.7. The maximum absolute atomic E-state index is 13.0. The summed E-state index contributed by atoms with van der Waals surface area (Å²) < 4.78 is 0. The Morgan fingerprint density at radius 2 is 1.31 bits per heavy atom. The number of pyridine rings is 1. The van der Waals surface area contributed by atoms with Crippen LogP contribution in [0.2, 0.25) is 0 Å². The van der Waals surface area contributed by atoms with Gasteiger partial charge in [-0.15, -0.1) is 0 Å². The third kappa shape index (κ3) is 4.40. The molecule has 0 aliphatic carbocycles. The van der Waals surface area contributed by atoms with E-state index in [4.69, 9.17) is 4.98 Å². The highest BCUT2D eigenvalue weighted by Gasteiger charge is 2.18. The molecule has 3 nitrogen and oxygen atoms in total. The molecule has 0 radical (unpaired) electrons. The van der Waals surface area contributed by atoms with Crippen LogP contribution in [0.1, 0.15) is 72.3 Å². The molecule has 29 heavy (non-hydrogen) atoms. The number of carbonyl (C=O) groups is 1. The summed E-state index contributed by atoms with van der Waals surface area (Å²) in [7, 11) is 0. The molecule has 3 rings (SSSR count). The molecule has 1 aromatic heterocycles. The Balaban J connectivity index is 2.04. The number of anilines is 1. The van der Waals surface area contributed by atoms with Crippen molar-refractivity contribution in [3.63, 3.8) is 0 Å². The van der Waals surface area contributed by atoms with E-state index < -0.39 is 0 Å². The van der Waals surface area contributed by atoms with Gasteiger partial charge in [0.25, 0.3) is 5.91 Å². The highest BCUT2D eigenvalue weighted by molar-refractivity contribution is 6.04. The van der Waals surface area contributed by atoms with Gasteiger partial charge in [-0.2, -0.15) is 0 Å². The van der Waals surface area contributed by atoms with Crippen molar-refractivity contribution in [2.45, 2.75) is 53.4 Å². The van der Waals surface area contributed by atoms with Crippen molar-refractivity contribution in [1.82, 2.24) is 4.98 Å². The summed E-state index contributed by atoms with van der Waals surface area (Å²) >= 11 is 0. The molecule has 1 heterocycles. The summed E-state index contributed by atoms with van der Waals surface area (Å²) in [6.45, 7) is 12.8. The van der Waals surface area contributed by atoms with E-state index in [9.17, 15) is 4.79 Å². The van der Waals surface area contributed by atoms with Crippen LogP contribution in [0.4, 0.5) is 5.69 Å². The number of benzene rings is 2. The molecule has 0 saturated carbocycles. The molecule has 0 bridgehead atoms. The number of aromatic nitrogens is 1. The van der Waals surface area contributed by atoms with Crippen LogP contribution in [0.3, 0.4) is 0 Å². The zero-order valence-electron chi connectivity index (χ0n) is 18.2. The quantitative estimate of drug-likeness (QED) is 0.520. The van der Waals surface area contributed by atoms with Crippen LogP contribution >= 0.6 is 0 Å². The molecule has 0 unspecified atom stereocenters. The van der Waals surface area contributed by atoms with Crippen molar-refractivity contribution in [2.75, 3.05) is 5.32 Å². The van der Waals surface area contributed by atoms with Crippen LogP contribution in [0.5, 0.6) is 0 Å². The lowest BCUT2D eigenvalue weighted by Gasteiger charge is -2.19. The first-order valence-corrected chi connectivity index (χ1v) is 10.3. The van der Waals surface area contributed by atoms with Crippen LogP contribution in [-0.2, 0) is 0 Å². The van der Waals surface area contributed by atoms with E-state index in [0.717, 1.165) is 28.1 Å². The second kappa shape index (κ2) is 8.60. The maximum Gasteiger partial charge on any atom is 0.274 e. The number of hydrogen-bond acceptors (Lipinski definition) is 2. The lowest BCUT2D eigenvalue weighted by atomic mass is 9.87. The highest BCUT2D eigenvalue weighted by Crippen LogP contribution is 2.35. The molecule has 0 fully saturated rings. The van der Waals surface area contributed by atoms with Crippen molar-refractivity contribution < 1.29 is 4.79 Å². The summed E-state index contributed by atoms with van der Waals surface area (Å²) in [6.07, 6.45) is 0. The molecule has 2 aromatic carbocycles. The molecule has 150 valence electrons. The Labute approximate surface area is 174 Å². The van der Waals surface area contributed by atoms with Gasteiger partial charge in [0.05, 0.1) is 5.69 Å². The zero-order chi connectivity index (χ0) is 21.1. The van der Waals surface area contributed by atoms with Crippen molar-refractivity contribution >= 4 is 11.6 Å². The lowest BCUT2D eigenvalue weighted by Crippen LogP contribution is -2.15. The fourth-order valence-electron chi connectivity index (χ4n) is 3.74. The molecule has 3 heteroatoms. The zero-order valence-corrected chi connectivity index (χ0v) is 18.2. The summed E-state index contributed by atoms with van der Waals surface area (Å²) in [5.41, 5.74) is 7.90. The lowest BCUT2D eigenvalue weighted by molar-refractivity contribution is 0.102. The van der Waals surface area contributed by atoms with Gasteiger partial charge in [0.15, 0.2) is 0 Å². The smallest absolute Gasteiger partial charge is 0.274 e. The molecule has 0 spiro atoms. The molecular formula is C26H30N2O. The van der Waals surface area contributed by atoms with E-state index in [1.54, 1.807) is 6.07 Å².